The topological polar surface area (TPSA) is 0 Å². The van der Waals surface area contributed by atoms with Crippen LogP contribution in [0.25, 0.3) is 11.1 Å². The van der Waals surface area contributed by atoms with Crippen LogP contribution in [0.4, 0.5) is 0 Å². The third-order valence-electron chi connectivity index (χ3n) is 9.26. The molecule has 0 bridgehead atoms. The van der Waals surface area contributed by atoms with E-state index in [1.54, 1.807) is 5.57 Å². The van der Waals surface area contributed by atoms with E-state index < -0.39 is 0 Å². The first-order valence-corrected chi connectivity index (χ1v) is 14.3. The predicted octanol–water partition coefficient (Wildman–Crippen LogP) is 11.3. The van der Waals surface area contributed by atoms with Gasteiger partial charge in [-0.25, -0.2) is 0 Å². The number of hydrogen-bond acceptors (Lipinski definition) is 0. The van der Waals surface area contributed by atoms with Crippen LogP contribution in [0.2, 0.25) is 0 Å². The van der Waals surface area contributed by atoms with Crippen molar-refractivity contribution in [1.29, 1.82) is 0 Å². The van der Waals surface area contributed by atoms with Crippen LogP contribution >= 0.6 is 0 Å². The van der Waals surface area contributed by atoms with E-state index in [2.05, 4.69) is 129 Å². The van der Waals surface area contributed by atoms with Gasteiger partial charge in [0.05, 0.1) is 0 Å². The number of benzene rings is 2. The Hall–Kier alpha value is -2.60. The predicted molar refractivity (Wildman–Crippen MR) is 166 cm³/mol. The summed E-state index contributed by atoms with van der Waals surface area (Å²) in [5.74, 6) is 0. The standard InChI is InChI=1S/C23H32.C14H18/c1-8-10-21-22(5,6)20(15-16-23(21,7)9-2)19-13-11-18(12-14-19)17(3)4;1-11(2)14(9-4-10-14)13-7-5-12(3)6-8-13/h10-15H,3,8-9,16H2,1-2,4-7H3;5-8H,1,4,9-10H2,2-3H3/b21-10-;. The molecule has 0 N–H and O–H groups in total. The molecule has 0 saturated heterocycles. The van der Waals surface area contributed by atoms with Crippen LogP contribution in [0.1, 0.15) is 109 Å². The van der Waals surface area contributed by atoms with Gasteiger partial charge in [-0.1, -0.05) is 137 Å². The highest BCUT2D eigenvalue weighted by molar-refractivity contribution is 5.76. The van der Waals surface area contributed by atoms with Gasteiger partial charge in [0, 0.05) is 10.8 Å². The summed E-state index contributed by atoms with van der Waals surface area (Å²) in [6, 6.07) is 17.9. The molecule has 0 aromatic heterocycles. The van der Waals surface area contributed by atoms with Crippen LogP contribution in [0.15, 0.2) is 85.0 Å². The molecule has 4 rings (SSSR count). The van der Waals surface area contributed by atoms with E-state index >= 15 is 0 Å². The summed E-state index contributed by atoms with van der Waals surface area (Å²) in [5.41, 5.74) is 11.6. The number of allylic oxidation sites excluding steroid dienone is 6. The third kappa shape index (κ3) is 5.79. The lowest BCUT2D eigenvalue weighted by atomic mass is 9.58. The molecule has 0 aliphatic heterocycles. The Bertz CT molecular complexity index is 1160. The highest BCUT2D eigenvalue weighted by Gasteiger charge is 2.42. The van der Waals surface area contributed by atoms with Gasteiger partial charge in [-0.15, -0.1) is 0 Å². The maximum Gasteiger partial charge on any atom is 0.0156 e. The SMILES string of the molecule is C=C(C)C1(c2ccc(C)cc2)CCC1.C=C(C)c1ccc(C2=CCC(C)(CC)/C(=C\CC)C2(C)C)cc1. The molecule has 2 aromatic carbocycles. The molecule has 0 nitrogen and oxygen atoms in total. The van der Waals surface area contributed by atoms with Gasteiger partial charge in [-0.2, -0.15) is 0 Å². The Morgan fingerprint density at radius 3 is 1.92 bits per heavy atom. The lowest BCUT2D eigenvalue weighted by molar-refractivity contribution is 0.295. The molecule has 0 amide bonds. The molecular weight excluding hydrogens is 444 g/mol. The van der Waals surface area contributed by atoms with E-state index in [-0.39, 0.29) is 5.41 Å². The summed E-state index contributed by atoms with van der Waals surface area (Å²) in [6.45, 7) is 26.3. The normalized spacial score (nSPS) is 22.8. The van der Waals surface area contributed by atoms with Gasteiger partial charge in [0.15, 0.2) is 0 Å². The van der Waals surface area contributed by atoms with Crippen LogP contribution in [0.5, 0.6) is 0 Å². The minimum atomic E-state index is 0.0871. The molecule has 1 saturated carbocycles. The lowest BCUT2D eigenvalue weighted by Crippen LogP contribution is -2.34. The van der Waals surface area contributed by atoms with Crippen molar-refractivity contribution in [2.24, 2.45) is 10.8 Å². The maximum atomic E-state index is 4.15. The van der Waals surface area contributed by atoms with Crippen LogP contribution in [-0.4, -0.2) is 0 Å². The minimum Gasteiger partial charge on any atom is -0.0992 e. The first-order chi connectivity index (χ1) is 17.4. The second-order valence-electron chi connectivity index (χ2n) is 12.3. The number of aryl methyl sites for hydroxylation is 1. The van der Waals surface area contributed by atoms with Gasteiger partial charge >= 0.3 is 0 Å². The molecule has 2 aliphatic rings. The zero-order valence-electron chi connectivity index (χ0n) is 24.9. The van der Waals surface area contributed by atoms with Gasteiger partial charge < -0.3 is 0 Å². The van der Waals surface area contributed by atoms with Gasteiger partial charge in [0.25, 0.3) is 0 Å². The number of hydrogen-bond donors (Lipinski definition) is 0. The van der Waals surface area contributed by atoms with Crippen molar-refractivity contribution in [3.63, 3.8) is 0 Å². The van der Waals surface area contributed by atoms with Crippen LogP contribution in [0, 0.1) is 17.8 Å². The Balaban J connectivity index is 0.000000231. The lowest BCUT2D eigenvalue weighted by Gasteiger charge is -2.46. The molecule has 0 spiro atoms. The summed E-state index contributed by atoms with van der Waals surface area (Å²) in [4.78, 5) is 0. The van der Waals surface area contributed by atoms with Crippen molar-refractivity contribution < 1.29 is 0 Å². The van der Waals surface area contributed by atoms with Crippen molar-refractivity contribution >= 4 is 11.1 Å². The molecule has 0 heteroatoms. The zero-order chi connectivity index (χ0) is 27.4. The second kappa shape index (κ2) is 11.4. The molecule has 2 aromatic rings. The maximum absolute atomic E-state index is 4.15. The van der Waals surface area contributed by atoms with E-state index in [0.29, 0.717) is 10.8 Å². The Morgan fingerprint density at radius 1 is 0.892 bits per heavy atom. The monoisotopic (exact) mass is 494 g/mol. The van der Waals surface area contributed by atoms with Gasteiger partial charge in [-0.3, -0.25) is 0 Å². The summed E-state index contributed by atoms with van der Waals surface area (Å²) in [5, 5.41) is 0. The van der Waals surface area contributed by atoms with E-state index in [9.17, 15) is 0 Å². The molecule has 2 aliphatic carbocycles. The van der Waals surface area contributed by atoms with Crippen molar-refractivity contribution in [2.45, 2.75) is 99.3 Å². The molecule has 1 fully saturated rings. The van der Waals surface area contributed by atoms with Gasteiger partial charge in [0.2, 0.25) is 0 Å². The molecule has 37 heavy (non-hydrogen) atoms. The van der Waals surface area contributed by atoms with Crippen molar-refractivity contribution in [2.75, 3.05) is 0 Å². The summed E-state index contributed by atoms with van der Waals surface area (Å²) >= 11 is 0. The summed E-state index contributed by atoms with van der Waals surface area (Å²) in [7, 11) is 0. The second-order valence-corrected chi connectivity index (χ2v) is 12.3. The highest BCUT2D eigenvalue weighted by atomic mass is 14.5. The highest BCUT2D eigenvalue weighted by Crippen LogP contribution is 2.55. The fraction of sp³-hybridized carbons (Fsp3) is 0.459. The van der Waals surface area contributed by atoms with E-state index in [1.165, 1.54) is 59.1 Å². The van der Waals surface area contributed by atoms with E-state index in [4.69, 9.17) is 0 Å². The number of rotatable bonds is 6. The molecule has 1 unspecified atom stereocenters. The van der Waals surface area contributed by atoms with E-state index in [0.717, 1.165) is 18.4 Å². The zero-order valence-corrected chi connectivity index (χ0v) is 24.9. The fourth-order valence-electron chi connectivity index (χ4n) is 6.41. The Morgan fingerprint density at radius 2 is 1.49 bits per heavy atom. The summed E-state index contributed by atoms with van der Waals surface area (Å²) < 4.78 is 0. The van der Waals surface area contributed by atoms with E-state index in [1.807, 2.05) is 0 Å². The van der Waals surface area contributed by atoms with Crippen LogP contribution in [-0.2, 0) is 5.41 Å². The van der Waals surface area contributed by atoms with Crippen LogP contribution < -0.4 is 0 Å². The first kappa shape index (κ1) is 29.0. The molecule has 0 radical (unpaired) electrons. The largest absolute Gasteiger partial charge is 0.0992 e. The molecule has 0 heterocycles. The van der Waals surface area contributed by atoms with Crippen molar-refractivity contribution in [3.05, 3.63) is 107 Å². The van der Waals surface area contributed by atoms with Crippen molar-refractivity contribution in [1.82, 2.24) is 0 Å². The fourth-order valence-corrected chi connectivity index (χ4v) is 6.41. The molecular formula is C37H50. The Kier molecular flexibility index (Phi) is 8.94. The first-order valence-electron chi connectivity index (χ1n) is 14.3. The Labute approximate surface area is 228 Å². The summed E-state index contributed by atoms with van der Waals surface area (Å²) in [6.07, 6.45) is 12.3. The average Bonchev–Trinajstić information content (AvgIpc) is 2.82. The molecule has 1 atom stereocenters. The third-order valence-corrected chi connectivity index (χ3v) is 9.26. The molecule has 198 valence electrons. The van der Waals surface area contributed by atoms with Crippen molar-refractivity contribution in [3.8, 4) is 0 Å². The quantitative estimate of drug-likeness (QED) is 0.350. The van der Waals surface area contributed by atoms with Crippen LogP contribution in [0.3, 0.4) is 0 Å². The minimum absolute atomic E-state index is 0.0871. The average molecular weight is 495 g/mol. The van der Waals surface area contributed by atoms with Gasteiger partial charge in [0.1, 0.15) is 0 Å². The smallest absolute Gasteiger partial charge is 0.0156 e. The van der Waals surface area contributed by atoms with Gasteiger partial charge in [-0.05, 0) is 80.6 Å².